The quantitative estimate of drug-likeness (QED) is 0.356. The SMILES string of the molecule is COc1cc(C=C2C(C)=C(CC(=O)NCc3ccco3)c3cc(F)ccc32)cc(OC)c1NCC(=O)O. The summed E-state index contributed by atoms with van der Waals surface area (Å²) in [6.45, 7) is 1.86. The molecule has 0 saturated carbocycles. The van der Waals surface area contributed by atoms with E-state index in [0.717, 1.165) is 27.8 Å². The van der Waals surface area contributed by atoms with Gasteiger partial charge in [0.1, 0.15) is 35.3 Å². The van der Waals surface area contributed by atoms with Crippen molar-refractivity contribution in [2.75, 3.05) is 26.1 Å². The average Bonchev–Trinajstić information content (AvgIpc) is 3.48. The Hall–Kier alpha value is -4.53. The zero-order valence-electron chi connectivity index (χ0n) is 20.7. The number of rotatable bonds is 10. The molecule has 37 heavy (non-hydrogen) atoms. The van der Waals surface area contributed by atoms with Gasteiger partial charge in [-0.3, -0.25) is 9.59 Å². The third-order valence-electron chi connectivity index (χ3n) is 6.09. The number of carbonyl (C=O) groups is 2. The Labute approximate surface area is 213 Å². The lowest BCUT2D eigenvalue weighted by Gasteiger charge is -2.15. The van der Waals surface area contributed by atoms with Crippen LogP contribution in [0.4, 0.5) is 10.1 Å². The van der Waals surface area contributed by atoms with Crippen LogP contribution in [0.3, 0.4) is 0 Å². The number of furan rings is 1. The lowest BCUT2D eigenvalue weighted by molar-refractivity contribution is -0.135. The molecule has 8 nitrogen and oxygen atoms in total. The van der Waals surface area contributed by atoms with Crippen molar-refractivity contribution >= 4 is 34.8 Å². The van der Waals surface area contributed by atoms with E-state index in [2.05, 4.69) is 10.6 Å². The molecule has 0 fully saturated rings. The fourth-order valence-electron chi connectivity index (χ4n) is 4.32. The second-order valence-electron chi connectivity index (χ2n) is 8.43. The van der Waals surface area contributed by atoms with E-state index in [1.165, 1.54) is 26.4 Å². The van der Waals surface area contributed by atoms with Crippen molar-refractivity contribution in [1.29, 1.82) is 0 Å². The second-order valence-corrected chi connectivity index (χ2v) is 8.43. The summed E-state index contributed by atoms with van der Waals surface area (Å²) in [5.74, 6) is -0.168. The van der Waals surface area contributed by atoms with Crippen molar-refractivity contribution in [3.8, 4) is 11.5 Å². The maximum absolute atomic E-state index is 14.2. The van der Waals surface area contributed by atoms with Gasteiger partial charge in [-0.05, 0) is 82.8 Å². The van der Waals surface area contributed by atoms with Gasteiger partial charge in [0.15, 0.2) is 0 Å². The summed E-state index contributed by atoms with van der Waals surface area (Å²) in [6.07, 6.45) is 3.52. The van der Waals surface area contributed by atoms with Crippen LogP contribution in [0, 0.1) is 5.82 Å². The van der Waals surface area contributed by atoms with E-state index in [4.69, 9.17) is 19.0 Å². The number of fused-ring (bicyclic) bond motifs is 1. The fraction of sp³-hybridized carbons (Fsp3) is 0.214. The van der Waals surface area contributed by atoms with E-state index in [1.54, 1.807) is 36.6 Å². The lowest BCUT2D eigenvalue weighted by atomic mass is 10.00. The smallest absolute Gasteiger partial charge is 0.322 e. The predicted molar refractivity (Wildman–Crippen MR) is 138 cm³/mol. The Kier molecular flexibility index (Phi) is 7.62. The lowest BCUT2D eigenvalue weighted by Crippen LogP contribution is -2.22. The molecule has 1 aliphatic rings. The van der Waals surface area contributed by atoms with Crippen LogP contribution in [-0.2, 0) is 16.1 Å². The molecule has 1 amide bonds. The number of hydrogen-bond donors (Lipinski definition) is 3. The van der Waals surface area contributed by atoms with Crippen molar-refractivity contribution in [2.45, 2.75) is 19.9 Å². The number of anilines is 1. The normalized spacial score (nSPS) is 13.5. The fourth-order valence-corrected chi connectivity index (χ4v) is 4.32. The van der Waals surface area contributed by atoms with Crippen molar-refractivity contribution in [3.63, 3.8) is 0 Å². The molecular formula is C28H27FN2O6. The highest BCUT2D eigenvalue weighted by molar-refractivity contribution is 6.08. The van der Waals surface area contributed by atoms with E-state index in [1.807, 2.05) is 13.0 Å². The van der Waals surface area contributed by atoms with Gasteiger partial charge in [0.25, 0.3) is 0 Å². The standard InChI is InChI=1S/C28H27FN2O6/c1-16-21(9-17-10-24(35-2)28(25(11-17)36-3)31-15-27(33)34)20-7-6-18(29)12-23(20)22(16)13-26(32)30-14-19-5-4-8-37-19/h4-12,31H,13-15H2,1-3H3,(H,30,32)(H,33,34). The van der Waals surface area contributed by atoms with E-state index in [9.17, 15) is 14.0 Å². The van der Waals surface area contributed by atoms with Gasteiger partial charge in [-0.2, -0.15) is 0 Å². The molecule has 0 radical (unpaired) electrons. The average molecular weight is 507 g/mol. The highest BCUT2D eigenvalue weighted by atomic mass is 19.1. The molecule has 0 unspecified atom stereocenters. The molecule has 9 heteroatoms. The van der Waals surface area contributed by atoms with Gasteiger partial charge in [-0.25, -0.2) is 4.39 Å². The minimum Gasteiger partial charge on any atom is -0.494 e. The Morgan fingerprint density at radius 3 is 2.43 bits per heavy atom. The van der Waals surface area contributed by atoms with Gasteiger partial charge in [0.2, 0.25) is 5.91 Å². The number of allylic oxidation sites excluding steroid dienone is 2. The van der Waals surface area contributed by atoms with Crippen LogP contribution in [0.25, 0.3) is 17.2 Å². The minimum atomic E-state index is -1.02. The molecule has 3 N–H and O–H groups in total. The summed E-state index contributed by atoms with van der Waals surface area (Å²) in [5, 5.41) is 14.7. The first kappa shape index (κ1) is 25.6. The maximum Gasteiger partial charge on any atom is 0.322 e. The first-order chi connectivity index (χ1) is 17.8. The molecule has 3 aromatic rings. The monoisotopic (exact) mass is 506 g/mol. The van der Waals surface area contributed by atoms with E-state index in [-0.39, 0.29) is 25.4 Å². The Morgan fingerprint density at radius 2 is 1.81 bits per heavy atom. The number of carboxylic acid groups (broad SMARTS) is 1. The second kappa shape index (κ2) is 11.0. The Bertz CT molecular complexity index is 1370. The maximum atomic E-state index is 14.2. The minimum absolute atomic E-state index is 0.0744. The molecule has 4 rings (SSSR count). The molecule has 0 spiro atoms. The molecule has 0 atom stereocenters. The van der Waals surface area contributed by atoms with Gasteiger partial charge >= 0.3 is 5.97 Å². The summed E-state index contributed by atoms with van der Waals surface area (Å²) >= 11 is 0. The molecule has 1 heterocycles. The number of ether oxygens (including phenoxy) is 2. The molecule has 0 aliphatic heterocycles. The van der Waals surface area contributed by atoms with Crippen molar-refractivity contribution in [3.05, 3.63) is 82.6 Å². The number of amides is 1. The summed E-state index contributed by atoms with van der Waals surface area (Å²) < 4.78 is 30.4. The molecular weight excluding hydrogens is 479 g/mol. The zero-order chi connectivity index (χ0) is 26.5. The zero-order valence-corrected chi connectivity index (χ0v) is 20.7. The molecule has 0 bridgehead atoms. The Morgan fingerprint density at radius 1 is 1.08 bits per heavy atom. The molecule has 1 aromatic heterocycles. The Balaban J connectivity index is 1.69. The largest absolute Gasteiger partial charge is 0.494 e. The van der Waals surface area contributed by atoms with Crippen LogP contribution in [0.2, 0.25) is 0 Å². The van der Waals surface area contributed by atoms with Crippen molar-refractivity contribution < 1.29 is 33.0 Å². The number of hydrogen-bond acceptors (Lipinski definition) is 6. The van der Waals surface area contributed by atoms with Crippen LogP contribution in [0.1, 0.15) is 35.8 Å². The van der Waals surface area contributed by atoms with Gasteiger partial charge in [0.05, 0.1) is 33.4 Å². The molecule has 0 saturated heterocycles. The predicted octanol–water partition coefficient (Wildman–Crippen LogP) is 4.97. The number of carbonyl (C=O) groups excluding carboxylic acids is 1. The van der Waals surface area contributed by atoms with Crippen molar-refractivity contribution in [1.82, 2.24) is 5.32 Å². The number of carboxylic acids is 1. The van der Waals surface area contributed by atoms with Crippen LogP contribution < -0.4 is 20.1 Å². The van der Waals surface area contributed by atoms with Crippen LogP contribution >= 0.6 is 0 Å². The number of halogens is 1. The van der Waals surface area contributed by atoms with E-state index >= 15 is 0 Å². The summed E-state index contributed by atoms with van der Waals surface area (Å²) in [6, 6.07) is 11.6. The highest BCUT2D eigenvalue weighted by Crippen LogP contribution is 2.45. The number of methoxy groups -OCH3 is 2. The van der Waals surface area contributed by atoms with E-state index < -0.39 is 11.8 Å². The van der Waals surface area contributed by atoms with Crippen LogP contribution in [0.5, 0.6) is 11.5 Å². The summed E-state index contributed by atoms with van der Waals surface area (Å²) in [5.41, 5.74) is 5.02. The first-order valence-electron chi connectivity index (χ1n) is 11.5. The van der Waals surface area contributed by atoms with Crippen LogP contribution in [-0.4, -0.2) is 37.7 Å². The number of benzene rings is 2. The number of aliphatic carboxylic acids is 1. The number of nitrogens with one attached hydrogen (secondary N) is 2. The molecule has 192 valence electrons. The topological polar surface area (TPSA) is 110 Å². The van der Waals surface area contributed by atoms with Gasteiger partial charge in [-0.1, -0.05) is 6.07 Å². The van der Waals surface area contributed by atoms with Gasteiger partial charge in [-0.15, -0.1) is 0 Å². The van der Waals surface area contributed by atoms with Gasteiger partial charge < -0.3 is 29.6 Å². The highest BCUT2D eigenvalue weighted by Gasteiger charge is 2.26. The first-order valence-corrected chi connectivity index (χ1v) is 11.5. The third kappa shape index (κ3) is 5.66. The van der Waals surface area contributed by atoms with Crippen molar-refractivity contribution in [2.24, 2.45) is 0 Å². The molecule has 1 aliphatic carbocycles. The third-order valence-corrected chi connectivity index (χ3v) is 6.09. The summed E-state index contributed by atoms with van der Waals surface area (Å²) in [4.78, 5) is 23.8. The van der Waals surface area contributed by atoms with E-state index in [0.29, 0.717) is 28.5 Å². The summed E-state index contributed by atoms with van der Waals surface area (Å²) in [7, 11) is 2.96. The van der Waals surface area contributed by atoms with Crippen LogP contribution in [0.15, 0.2) is 58.7 Å². The van der Waals surface area contributed by atoms with Gasteiger partial charge in [0, 0.05) is 0 Å². The molecule has 2 aromatic carbocycles.